The van der Waals surface area contributed by atoms with Crippen LogP contribution in [0.25, 0.3) is 0 Å². The molecular weight excluding hydrogens is 878 g/mol. The molecule has 33 heavy (non-hydrogen) atoms. The third kappa shape index (κ3) is 9.73. The Balaban J connectivity index is 0.000000678. The van der Waals surface area contributed by atoms with Gasteiger partial charge in [0.2, 0.25) is 0 Å². The van der Waals surface area contributed by atoms with Crippen LogP contribution in [0.2, 0.25) is 0 Å². The summed E-state index contributed by atoms with van der Waals surface area (Å²) >= 11 is 8.66. The molecule has 1 aliphatic rings. The highest BCUT2D eigenvalue weighted by atomic mass is 127. The number of hydrogen-bond acceptors (Lipinski definition) is 6. The van der Waals surface area contributed by atoms with Crippen molar-refractivity contribution in [2.45, 2.75) is 45.8 Å². The Kier molecular flexibility index (Phi) is 13.3. The van der Waals surface area contributed by atoms with E-state index in [-0.39, 0.29) is 17.8 Å². The van der Waals surface area contributed by atoms with Crippen molar-refractivity contribution in [1.29, 1.82) is 0 Å². The average Bonchev–Trinajstić information content (AvgIpc) is 3.59. The topological polar surface area (TPSA) is 80.3 Å². The van der Waals surface area contributed by atoms with Gasteiger partial charge in [0.15, 0.2) is 5.75 Å². The molecule has 0 saturated carbocycles. The molecule has 3 rings (SSSR count). The molecule has 1 fully saturated rings. The van der Waals surface area contributed by atoms with Crippen molar-refractivity contribution < 1.29 is 24.1 Å². The highest BCUT2D eigenvalue weighted by Crippen LogP contribution is 2.37. The first-order valence-electron chi connectivity index (χ1n) is 10.5. The summed E-state index contributed by atoms with van der Waals surface area (Å²) in [5, 5.41) is 13.1. The van der Waals surface area contributed by atoms with E-state index in [1.807, 2.05) is 26.0 Å². The van der Waals surface area contributed by atoms with E-state index in [0.717, 1.165) is 32.2 Å². The number of halogens is 4. The van der Waals surface area contributed by atoms with Gasteiger partial charge in [-0.3, -0.25) is 4.79 Å². The van der Waals surface area contributed by atoms with Crippen LogP contribution in [-0.4, -0.2) is 43.0 Å². The zero-order chi connectivity index (χ0) is 24.5. The van der Waals surface area contributed by atoms with Crippen LogP contribution in [0.5, 0.6) is 17.2 Å². The number of carbonyl (C=O) groups is 1. The van der Waals surface area contributed by atoms with E-state index in [1.165, 1.54) is 6.42 Å². The molecule has 1 aliphatic heterocycles. The lowest BCUT2D eigenvalue weighted by Crippen LogP contribution is -2.39. The summed E-state index contributed by atoms with van der Waals surface area (Å²) in [6, 6.07) is 7.29. The first-order chi connectivity index (χ1) is 15.7. The van der Waals surface area contributed by atoms with Gasteiger partial charge in [0.05, 0.1) is 33.6 Å². The predicted molar refractivity (Wildman–Crippen MR) is 163 cm³/mol. The second-order valence-electron chi connectivity index (χ2n) is 7.16. The zero-order valence-electron chi connectivity index (χ0n) is 18.6. The molecule has 0 amide bonds. The maximum Gasteiger partial charge on any atom is 0.323 e. The molecule has 10 heteroatoms. The van der Waals surface area contributed by atoms with Crippen LogP contribution in [0.3, 0.4) is 0 Å². The molecule has 0 spiro atoms. The number of hydrogen-bond donors (Lipinski definition) is 2. The Labute approximate surface area is 249 Å². The Morgan fingerprint density at radius 1 is 1.09 bits per heavy atom. The first-order valence-corrected chi connectivity index (χ1v) is 14.9. The average molecular weight is 905 g/mol. The molecule has 1 heterocycles. The summed E-state index contributed by atoms with van der Waals surface area (Å²) in [4.78, 5) is 12.2. The van der Waals surface area contributed by atoms with Crippen LogP contribution in [0.4, 0.5) is 0 Å². The third-order valence-electron chi connectivity index (χ3n) is 4.59. The van der Waals surface area contributed by atoms with E-state index in [2.05, 4.69) is 103 Å². The van der Waals surface area contributed by atoms with E-state index in [1.54, 1.807) is 12.1 Å². The highest BCUT2D eigenvalue weighted by molar-refractivity contribution is 14.1. The summed E-state index contributed by atoms with van der Waals surface area (Å²) in [5.41, 5.74) is 1.04. The normalized spacial score (nSPS) is 15.3. The zero-order valence-corrected chi connectivity index (χ0v) is 27.2. The third-order valence-corrected chi connectivity index (χ3v) is 7.83. The molecule has 2 aromatic carbocycles. The standard InChI is InChI=1S/C19H19I4NO4.C4H8O/c1-3-24-16(19(26)27-4-2)7-10-5-14(22)18(15(23)6-10)28-11-8-12(20)17(25)13(21)9-11;1-2-4-3-5-4/h5-6,8-9,16,24-25H,3-4,7H2,1-2H3;4H,2-3H2,1H3. The van der Waals surface area contributed by atoms with Gasteiger partial charge in [-0.05, 0) is 147 Å². The van der Waals surface area contributed by atoms with Crippen LogP contribution < -0.4 is 10.1 Å². The van der Waals surface area contributed by atoms with Crippen LogP contribution in [-0.2, 0) is 20.7 Å². The van der Waals surface area contributed by atoms with Crippen molar-refractivity contribution in [3.05, 3.63) is 44.1 Å². The lowest BCUT2D eigenvalue weighted by atomic mass is 10.1. The number of aromatic hydroxyl groups is 1. The largest absolute Gasteiger partial charge is 0.506 e. The van der Waals surface area contributed by atoms with Crippen molar-refractivity contribution in [2.24, 2.45) is 0 Å². The van der Waals surface area contributed by atoms with Gasteiger partial charge in [-0.2, -0.15) is 0 Å². The van der Waals surface area contributed by atoms with Crippen molar-refractivity contribution >= 4 is 96.3 Å². The molecule has 6 nitrogen and oxygen atoms in total. The summed E-state index contributed by atoms with van der Waals surface area (Å²) < 4.78 is 19.5. The number of carbonyl (C=O) groups excluding carboxylic acids is 1. The van der Waals surface area contributed by atoms with E-state index >= 15 is 0 Å². The van der Waals surface area contributed by atoms with E-state index in [0.29, 0.717) is 31.4 Å². The molecule has 182 valence electrons. The summed E-state index contributed by atoms with van der Waals surface area (Å²) in [5.74, 6) is 1.47. The molecule has 2 atom stereocenters. The summed E-state index contributed by atoms with van der Waals surface area (Å²) in [7, 11) is 0. The minimum atomic E-state index is -0.372. The maximum absolute atomic E-state index is 12.2. The number of ether oxygens (including phenoxy) is 3. The predicted octanol–water partition coefficient (Wildman–Crippen LogP) is 6.48. The van der Waals surface area contributed by atoms with Crippen molar-refractivity contribution in [3.8, 4) is 17.2 Å². The molecule has 0 aliphatic carbocycles. The Hall–Kier alpha value is 0.350. The molecule has 2 N–H and O–H groups in total. The number of likely N-dealkylation sites (N-methyl/N-ethyl adjacent to an activating group) is 1. The van der Waals surface area contributed by atoms with Crippen LogP contribution in [0.15, 0.2) is 24.3 Å². The van der Waals surface area contributed by atoms with Crippen molar-refractivity contribution in [1.82, 2.24) is 5.32 Å². The number of epoxide rings is 1. The Morgan fingerprint density at radius 2 is 1.67 bits per heavy atom. The smallest absolute Gasteiger partial charge is 0.323 e. The highest BCUT2D eigenvalue weighted by Gasteiger charge is 2.21. The van der Waals surface area contributed by atoms with E-state index in [9.17, 15) is 9.90 Å². The van der Waals surface area contributed by atoms with Crippen LogP contribution in [0, 0.1) is 14.3 Å². The van der Waals surface area contributed by atoms with Gasteiger partial charge in [-0.15, -0.1) is 0 Å². The molecule has 2 aromatic rings. The SMILES string of the molecule is CCC1CO1.CCNC(Cc1cc(I)c(Oc2cc(I)c(O)c(I)c2)c(I)c1)C(=O)OCC. The molecule has 0 radical (unpaired) electrons. The number of phenolic OH excluding ortho intramolecular Hbond substituents is 1. The van der Waals surface area contributed by atoms with Crippen molar-refractivity contribution in [3.63, 3.8) is 0 Å². The number of rotatable bonds is 9. The monoisotopic (exact) mass is 905 g/mol. The minimum Gasteiger partial charge on any atom is -0.506 e. The van der Waals surface area contributed by atoms with E-state index < -0.39 is 0 Å². The summed E-state index contributed by atoms with van der Waals surface area (Å²) in [6.45, 7) is 7.99. The number of nitrogens with one attached hydrogen (secondary N) is 1. The minimum absolute atomic E-state index is 0.233. The quantitative estimate of drug-likeness (QED) is 0.171. The van der Waals surface area contributed by atoms with Gasteiger partial charge in [0.1, 0.15) is 17.5 Å². The lowest BCUT2D eigenvalue weighted by molar-refractivity contribution is -0.145. The molecule has 0 bridgehead atoms. The fourth-order valence-corrected chi connectivity index (χ4v) is 6.64. The fraction of sp³-hybridized carbons (Fsp3) is 0.435. The van der Waals surface area contributed by atoms with Gasteiger partial charge in [0.25, 0.3) is 0 Å². The first kappa shape index (κ1) is 29.6. The lowest BCUT2D eigenvalue weighted by Gasteiger charge is -2.18. The van der Waals surface area contributed by atoms with Gasteiger partial charge in [-0.1, -0.05) is 13.8 Å². The van der Waals surface area contributed by atoms with Crippen molar-refractivity contribution in [2.75, 3.05) is 19.8 Å². The van der Waals surface area contributed by atoms with Gasteiger partial charge >= 0.3 is 5.97 Å². The second-order valence-corrected chi connectivity index (χ2v) is 11.8. The Morgan fingerprint density at radius 3 is 2.09 bits per heavy atom. The molecule has 0 aromatic heterocycles. The van der Waals surface area contributed by atoms with Crippen LogP contribution >= 0.6 is 90.4 Å². The molecule has 1 saturated heterocycles. The van der Waals surface area contributed by atoms with E-state index in [4.69, 9.17) is 14.2 Å². The Bertz CT molecular complexity index is 906. The summed E-state index contributed by atoms with van der Waals surface area (Å²) in [6.07, 6.45) is 2.38. The van der Waals surface area contributed by atoms with Gasteiger partial charge in [-0.25, -0.2) is 0 Å². The van der Waals surface area contributed by atoms with Crippen LogP contribution in [0.1, 0.15) is 32.8 Å². The molecular formula is C23H27I4NO5. The molecule has 2 unspecified atom stereocenters. The number of esters is 1. The number of benzene rings is 2. The second kappa shape index (κ2) is 14.8. The van der Waals surface area contributed by atoms with Gasteiger partial charge < -0.3 is 24.6 Å². The number of phenols is 1. The maximum atomic E-state index is 12.2. The fourth-order valence-electron chi connectivity index (χ4n) is 2.81. The van der Waals surface area contributed by atoms with Gasteiger partial charge in [0, 0.05) is 0 Å².